The summed E-state index contributed by atoms with van der Waals surface area (Å²) in [7, 11) is 0. The molecule has 0 radical (unpaired) electrons. The number of nitrogens with zero attached hydrogens (tertiary/aromatic N) is 1. The van der Waals surface area contributed by atoms with Crippen LogP contribution in [0.3, 0.4) is 0 Å². The molecule has 0 unspecified atom stereocenters. The Morgan fingerprint density at radius 3 is 2.59 bits per heavy atom. The van der Waals surface area contributed by atoms with Crippen molar-refractivity contribution >= 4 is 23.6 Å². The predicted molar refractivity (Wildman–Crippen MR) is 105 cm³/mol. The van der Waals surface area contributed by atoms with Crippen molar-refractivity contribution in [1.82, 2.24) is 10.4 Å². The van der Waals surface area contributed by atoms with Crippen molar-refractivity contribution in [3.63, 3.8) is 0 Å². The van der Waals surface area contributed by atoms with Crippen LogP contribution in [0.1, 0.15) is 35.4 Å². The lowest BCUT2D eigenvalue weighted by Crippen LogP contribution is -2.32. The third kappa shape index (κ3) is 3.94. The highest BCUT2D eigenvalue weighted by Crippen LogP contribution is 2.37. The minimum Gasteiger partial charge on any atom is -0.504 e. The minimum absolute atomic E-state index is 0.0826. The number of hydroxylamine groups is 1. The molecule has 6 heteroatoms. The third-order valence-electron chi connectivity index (χ3n) is 5.24. The number of hydrogen-bond donors (Lipinski definition) is 2. The predicted octanol–water partition coefficient (Wildman–Crippen LogP) is 3.86. The van der Waals surface area contributed by atoms with E-state index in [4.69, 9.17) is 16.4 Å². The average Bonchev–Trinajstić information content (AvgIpc) is 2.87. The summed E-state index contributed by atoms with van der Waals surface area (Å²) in [4.78, 5) is 19.0. The Balaban J connectivity index is 1.42. The van der Waals surface area contributed by atoms with E-state index in [0.717, 1.165) is 36.5 Å². The van der Waals surface area contributed by atoms with Gasteiger partial charge in [-0.2, -0.15) is 5.48 Å². The molecular formula is C21H21ClN2O3. The summed E-state index contributed by atoms with van der Waals surface area (Å²) in [5.74, 6) is 0.573. The number of rotatable bonds is 3. The lowest BCUT2D eigenvalue weighted by Gasteiger charge is -2.32. The van der Waals surface area contributed by atoms with E-state index in [1.807, 2.05) is 24.3 Å². The van der Waals surface area contributed by atoms with Gasteiger partial charge >= 0.3 is 0 Å². The molecule has 0 saturated carbocycles. The van der Waals surface area contributed by atoms with Gasteiger partial charge in [0.1, 0.15) is 0 Å². The third-order valence-corrected chi connectivity index (χ3v) is 5.49. The number of halogens is 1. The number of benzene rings is 2. The molecule has 1 amide bonds. The van der Waals surface area contributed by atoms with E-state index in [0.29, 0.717) is 23.8 Å². The van der Waals surface area contributed by atoms with Gasteiger partial charge in [-0.05, 0) is 55.6 Å². The molecular weight excluding hydrogens is 364 g/mol. The fourth-order valence-corrected chi connectivity index (χ4v) is 3.82. The summed E-state index contributed by atoms with van der Waals surface area (Å²) in [6, 6.07) is 11.9. The van der Waals surface area contributed by atoms with Crippen LogP contribution in [0.2, 0.25) is 5.02 Å². The van der Waals surface area contributed by atoms with Crippen molar-refractivity contribution in [2.75, 3.05) is 13.1 Å². The van der Waals surface area contributed by atoms with Crippen molar-refractivity contribution in [3.05, 3.63) is 64.2 Å². The fourth-order valence-electron chi connectivity index (χ4n) is 3.69. The molecule has 2 aliphatic rings. The van der Waals surface area contributed by atoms with Crippen molar-refractivity contribution in [2.24, 2.45) is 0 Å². The normalized spacial score (nSPS) is 17.7. The number of likely N-dealkylation sites (tertiary alicyclic amines) is 1. The number of aromatic hydroxyl groups is 1. The number of fused-ring (bicyclic) bond motifs is 1. The molecule has 0 aromatic heterocycles. The smallest absolute Gasteiger partial charge is 0.276 e. The summed E-state index contributed by atoms with van der Waals surface area (Å²) < 4.78 is 0. The fraction of sp³-hybridized carbons (Fsp3) is 0.286. The van der Waals surface area contributed by atoms with Crippen LogP contribution in [-0.2, 0) is 11.3 Å². The van der Waals surface area contributed by atoms with E-state index in [9.17, 15) is 9.90 Å². The molecule has 0 aliphatic carbocycles. The number of piperidine rings is 1. The van der Waals surface area contributed by atoms with E-state index in [1.54, 1.807) is 6.08 Å². The van der Waals surface area contributed by atoms with Gasteiger partial charge < -0.3 is 9.94 Å². The SMILES string of the molecule is O=C1C=Cc2ccc(CN3CCC(c4ccc(Cl)cc4)CC3)c(O)c2ON1. The second-order valence-electron chi connectivity index (χ2n) is 7.00. The van der Waals surface area contributed by atoms with E-state index < -0.39 is 0 Å². The zero-order valence-electron chi connectivity index (χ0n) is 14.8. The van der Waals surface area contributed by atoms with E-state index in [-0.39, 0.29) is 11.7 Å². The number of hydrogen-bond acceptors (Lipinski definition) is 4. The molecule has 2 aromatic rings. The van der Waals surface area contributed by atoms with Crippen LogP contribution in [0.25, 0.3) is 6.08 Å². The molecule has 0 bridgehead atoms. The van der Waals surface area contributed by atoms with Crippen LogP contribution in [0, 0.1) is 0 Å². The van der Waals surface area contributed by atoms with Crippen LogP contribution in [-0.4, -0.2) is 29.0 Å². The highest BCUT2D eigenvalue weighted by molar-refractivity contribution is 6.30. The van der Waals surface area contributed by atoms with E-state index in [1.165, 1.54) is 11.6 Å². The van der Waals surface area contributed by atoms with Crippen molar-refractivity contribution < 1.29 is 14.7 Å². The summed E-state index contributed by atoms with van der Waals surface area (Å²) in [5.41, 5.74) is 5.10. The molecule has 0 spiro atoms. The van der Waals surface area contributed by atoms with Gasteiger partial charge in [0.05, 0.1) is 0 Å². The van der Waals surface area contributed by atoms with Gasteiger partial charge in [0, 0.05) is 28.8 Å². The first kappa shape index (κ1) is 17.9. The molecule has 27 heavy (non-hydrogen) atoms. The average molecular weight is 385 g/mol. The van der Waals surface area contributed by atoms with Gasteiger partial charge in [0.15, 0.2) is 5.75 Å². The molecule has 5 nitrogen and oxygen atoms in total. The molecule has 4 rings (SSSR count). The lowest BCUT2D eigenvalue weighted by molar-refractivity contribution is -0.122. The van der Waals surface area contributed by atoms with Crippen molar-refractivity contribution in [2.45, 2.75) is 25.3 Å². The van der Waals surface area contributed by atoms with Gasteiger partial charge in [-0.25, -0.2) is 0 Å². The maximum absolute atomic E-state index is 11.4. The van der Waals surface area contributed by atoms with E-state index >= 15 is 0 Å². The molecule has 1 saturated heterocycles. The van der Waals surface area contributed by atoms with Crippen molar-refractivity contribution in [3.8, 4) is 11.5 Å². The molecule has 2 aliphatic heterocycles. The number of amides is 1. The Hall–Kier alpha value is -2.50. The van der Waals surface area contributed by atoms with E-state index in [2.05, 4.69) is 22.5 Å². The molecule has 1 fully saturated rings. The first-order chi connectivity index (χ1) is 13.1. The second-order valence-corrected chi connectivity index (χ2v) is 7.43. The summed E-state index contributed by atoms with van der Waals surface area (Å²) in [6.07, 6.45) is 5.16. The van der Waals surface area contributed by atoms with Crippen LogP contribution in [0.15, 0.2) is 42.5 Å². The highest BCUT2D eigenvalue weighted by Gasteiger charge is 2.23. The number of phenolic OH excluding ortho intramolecular Hbond substituents is 1. The summed E-state index contributed by atoms with van der Waals surface area (Å²) >= 11 is 5.98. The Bertz CT molecular complexity index is 872. The zero-order chi connectivity index (χ0) is 18.8. The molecule has 2 aromatic carbocycles. The maximum Gasteiger partial charge on any atom is 0.276 e. The Labute approximate surface area is 163 Å². The first-order valence-corrected chi connectivity index (χ1v) is 9.45. The molecule has 2 heterocycles. The largest absolute Gasteiger partial charge is 0.504 e. The monoisotopic (exact) mass is 384 g/mol. The lowest BCUT2D eigenvalue weighted by atomic mass is 9.89. The number of nitrogens with one attached hydrogen (secondary N) is 1. The maximum atomic E-state index is 11.4. The van der Waals surface area contributed by atoms with Gasteiger partial charge in [-0.15, -0.1) is 0 Å². The zero-order valence-corrected chi connectivity index (χ0v) is 15.6. The number of carbonyl (C=O) groups is 1. The molecule has 0 atom stereocenters. The Morgan fingerprint density at radius 1 is 1.11 bits per heavy atom. The van der Waals surface area contributed by atoms with Gasteiger partial charge in [0.2, 0.25) is 5.75 Å². The van der Waals surface area contributed by atoms with Crippen molar-refractivity contribution in [1.29, 1.82) is 0 Å². The quantitative estimate of drug-likeness (QED) is 0.843. The highest BCUT2D eigenvalue weighted by atomic mass is 35.5. The molecule has 2 N–H and O–H groups in total. The first-order valence-electron chi connectivity index (χ1n) is 9.08. The van der Waals surface area contributed by atoms with Crippen LogP contribution in [0.4, 0.5) is 0 Å². The minimum atomic E-state index is -0.351. The number of phenols is 1. The van der Waals surface area contributed by atoms with Gasteiger partial charge in [-0.3, -0.25) is 9.69 Å². The molecule has 140 valence electrons. The van der Waals surface area contributed by atoms with Crippen LogP contribution >= 0.6 is 11.6 Å². The summed E-state index contributed by atoms with van der Waals surface area (Å²) in [6.45, 7) is 2.57. The second kappa shape index (κ2) is 7.62. The number of carbonyl (C=O) groups excluding carboxylic acids is 1. The topological polar surface area (TPSA) is 61.8 Å². The summed E-state index contributed by atoms with van der Waals surface area (Å²) in [5, 5.41) is 11.3. The van der Waals surface area contributed by atoms with Crippen LogP contribution < -0.4 is 10.3 Å². The Kier molecular flexibility index (Phi) is 5.05. The van der Waals surface area contributed by atoms with Gasteiger partial charge in [0.25, 0.3) is 5.91 Å². The Morgan fingerprint density at radius 2 is 1.85 bits per heavy atom. The van der Waals surface area contributed by atoms with Crippen LogP contribution in [0.5, 0.6) is 11.5 Å². The van der Waals surface area contributed by atoms with Gasteiger partial charge in [-0.1, -0.05) is 35.9 Å². The standard InChI is InChI=1S/C21H21ClN2O3/c22-18-6-3-14(4-7-18)15-9-11-24(12-10-15)13-17-2-1-16-5-8-19(25)23-27-21(16)20(17)26/h1-8,15,26H,9-13H2,(H,23,25).